The standard InChI is InChI=1S/C10H10N2O2.C9H20.C3H7NO.C3H8/c1-3-8-4-5-10(12(13)14)7(2)9(8)6-11;1-3-5-7-9-8-6-4-2;1-2-3-4-5;1-3-2/h4-5H,3H2,1-2H3;3-9H2,1-2H3;2-3H2,1H3;3H2,1-2H3. The summed E-state index contributed by atoms with van der Waals surface area (Å²) >= 11 is 0. The first kappa shape index (κ1) is 33.4. The summed E-state index contributed by atoms with van der Waals surface area (Å²) in [6, 6.07) is 5.10. The van der Waals surface area contributed by atoms with E-state index in [-0.39, 0.29) is 5.69 Å². The summed E-state index contributed by atoms with van der Waals surface area (Å²) in [5, 5.41) is 22.1. The Morgan fingerprint density at radius 2 is 1.42 bits per heavy atom. The summed E-state index contributed by atoms with van der Waals surface area (Å²) in [7, 11) is 0. The SMILES string of the molecule is CCC.CCCCCCCCC.CCCN=O.CCc1ccc([N+](=O)[O-])c(C)c1C#N. The second-order valence-electron chi connectivity index (χ2n) is 7.29. The van der Waals surface area contributed by atoms with E-state index < -0.39 is 4.92 Å². The molecule has 0 aliphatic carbocycles. The van der Waals surface area contributed by atoms with Crippen molar-refractivity contribution in [1.29, 1.82) is 5.26 Å². The number of nitrogens with zero attached hydrogens (tertiary/aromatic N) is 3. The van der Waals surface area contributed by atoms with Gasteiger partial charge in [0.1, 0.15) is 0 Å². The molecule has 0 bridgehead atoms. The smallest absolute Gasteiger partial charge is 0.258 e. The van der Waals surface area contributed by atoms with Crippen molar-refractivity contribution in [2.24, 2.45) is 5.18 Å². The van der Waals surface area contributed by atoms with Crippen molar-refractivity contribution in [1.82, 2.24) is 0 Å². The van der Waals surface area contributed by atoms with E-state index in [1.54, 1.807) is 13.0 Å². The number of nitro benzene ring substituents is 1. The molecular weight excluding hydrogens is 390 g/mol. The van der Waals surface area contributed by atoms with Crippen molar-refractivity contribution in [3.05, 3.63) is 43.8 Å². The summed E-state index contributed by atoms with van der Waals surface area (Å²) < 4.78 is 0. The monoisotopic (exact) mass is 435 g/mol. The molecule has 178 valence electrons. The van der Waals surface area contributed by atoms with Crippen LogP contribution in [-0.4, -0.2) is 11.5 Å². The van der Waals surface area contributed by atoms with Gasteiger partial charge in [0.15, 0.2) is 0 Å². The van der Waals surface area contributed by atoms with E-state index in [0.29, 0.717) is 24.1 Å². The number of nitriles is 1. The minimum Gasteiger partial charge on any atom is -0.258 e. The van der Waals surface area contributed by atoms with Crippen molar-refractivity contribution in [2.45, 2.75) is 113 Å². The first-order valence-electron chi connectivity index (χ1n) is 11.8. The topological polar surface area (TPSA) is 96.4 Å². The zero-order chi connectivity index (χ0) is 24.5. The molecule has 1 rings (SSSR count). The van der Waals surface area contributed by atoms with E-state index in [0.717, 1.165) is 12.0 Å². The van der Waals surface area contributed by atoms with E-state index in [4.69, 9.17) is 10.2 Å². The number of benzene rings is 1. The quantitative estimate of drug-likeness (QED) is 0.159. The maximum absolute atomic E-state index is 10.6. The van der Waals surface area contributed by atoms with Crippen LogP contribution in [0.3, 0.4) is 0 Å². The Labute approximate surface area is 190 Å². The molecule has 0 amide bonds. The molecule has 1 aromatic rings. The minimum absolute atomic E-state index is 0.0127. The lowest BCUT2D eigenvalue weighted by Gasteiger charge is -2.04. The van der Waals surface area contributed by atoms with E-state index in [2.05, 4.69) is 32.9 Å². The lowest BCUT2D eigenvalue weighted by Crippen LogP contribution is -1.97. The fourth-order valence-electron chi connectivity index (χ4n) is 2.53. The van der Waals surface area contributed by atoms with Crippen LogP contribution in [0, 0.1) is 33.3 Å². The van der Waals surface area contributed by atoms with Crippen molar-refractivity contribution in [3.63, 3.8) is 0 Å². The number of nitroso groups, excluding NO2 is 1. The normalized spacial score (nSPS) is 8.97. The highest BCUT2D eigenvalue weighted by Gasteiger charge is 2.15. The molecule has 31 heavy (non-hydrogen) atoms. The predicted molar refractivity (Wildman–Crippen MR) is 133 cm³/mol. The van der Waals surface area contributed by atoms with Gasteiger partial charge in [-0.3, -0.25) is 10.1 Å². The van der Waals surface area contributed by atoms with Crippen LogP contribution in [-0.2, 0) is 6.42 Å². The highest BCUT2D eigenvalue weighted by Crippen LogP contribution is 2.24. The molecule has 0 radical (unpaired) electrons. The lowest BCUT2D eigenvalue weighted by molar-refractivity contribution is -0.385. The van der Waals surface area contributed by atoms with Crippen LogP contribution in [0.2, 0.25) is 0 Å². The Kier molecular flexibility index (Phi) is 27.7. The Morgan fingerprint density at radius 1 is 0.935 bits per heavy atom. The first-order chi connectivity index (χ1) is 14.9. The molecule has 0 fully saturated rings. The van der Waals surface area contributed by atoms with Gasteiger partial charge in [-0.05, 0) is 25.3 Å². The van der Waals surface area contributed by atoms with Gasteiger partial charge in [-0.2, -0.15) is 10.2 Å². The maximum atomic E-state index is 10.6. The van der Waals surface area contributed by atoms with Gasteiger partial charge >= 0.3 is 0 Å². The lowest BCUT2D eigenvalue weighted by atomic mass is 10.00. The molecule has 0 unspecified atom stereocenters. The zero-order valence-electron chi connectivity index (χ0n) is 21.0. The van der Waals surface area contributed by atoms with E-state index >= 15 is 0 Å². The van der Waals surface area contributed by atoms with Crippen molar-refractivity contribution >= 4 is 5.69 Å². The van der Waals surface area contributed by atoms with E-state index in [9.17, 15) is 10.1 Å². The Balaban J connectivity index is -0.000000395. The molecule has 0 saturated carbocycles. The highest BCUT2D eigenvalue weighted by atomic mass is 16.6. The molecule has 6 nitrogen and oxygen atoms in total. The predicted octanol–water partition coefficient (Wildman–Crippen LogP) is 8.67. The van der Waals surface area contributed by atoms with Gasteiger partial charge in [-0.25, -0.2) is 0 Å². The first-order valence-corrected chi connectivity index (χ1v) is 11.8. The second kappa shape index (κ2) is 25.7. The van der Waals surface area contributed by atoms with Crippen LogP contribution < -0.4 is 0 Å². The summed E-state index contributed by atoms with van der Waals surface area (Å²) in [4.78, 5) is 19.3. The molecular formula is C25H45N3O3. The van der Waals surface area contributed by atoms with E-state index in [1.807, 2.05) is 19.9 Å². The van der Waals surface area contributed by atoms with Crippen molar-refractivity contribution < 1.29 is 4.92 Å². The molecule has 0 aromatic heterocycles. The number of hydrogen-bond donors (Lipinski definition) is 0. The van der Waals surface area contributed by atoms with Gasteiger partial charge in [0, 0.05) is 11.6 Å². The largest absolute Gasteiger partial charge is 0.273 e. The van der Waals surface area contributed by atoms with Crippen LogP contribution in [0.4, 0.5) is 5.69 Å². The van der Waals surface area contributed by atoms with Gasteiger partial charge in [0.05, 0.1) is 23.1 Å². The van der Waals surface area contributed by atoms with Gasteiger partial charge in [0.25, 0.3) is 5.69 Å². The Morgan fingerprint density at radius 3 is 1.71 bits per heavy atom. The molecule has 0 aliphatic heterocycles. The Hall–Kier alpha value is -2.29. The van der Waals surface area contributed by atoms with Gasteiger partial charge in [-0.1, -0.05) is 104 Å². The molecule has 6 heteroatoms. The summed E-state index contributed by atoms with van der Waals surface area (Å²) in [5.74, 6) is 0. The number of rotatable bonds is 10. The molecule has 0 aliphatic rings. The highest BCUT2D eigenvalue weighted by molar-refractivity contribution is 5.54. The van der Waals surface area contributed by atoms with Crippen molar-refractivity contribution in [3.8, 4) is 6.07 Å². The zero-order valence-corrected chi connectivity index (χ0v) is 21.0. The van der Waals surface area contributed by atoms with Crippen LogP contribution in [0.25, 0.3) is 0 Å². The fourth-order valence-corrected chi connectivity index (χ4v) is 2.53. The average molecular weight is 436 g/mol. The van der Waals surface area contributed by atoms with Gasteiger partial charge in [-0.15, -0.1) is 0 Å². The molecule has 0 heterocycles. The minimum atomic E-state index is -0.463. The fraction of sp³-hybridized carbons (Fsp3) is 0.720. The molecule has 0 N–H and O–H groups in total. The molecule has 0 atom stereocenters. The van der Waals surface area contributed by atoms with Gasteiger partial charge < -0.3 is 0 Å². The van der Waals surface area contributed by atoms with Crippen LogP contribution in [0.1, 0.15) is 116 Å². The molecule has 0 saturated heterocycles. The van der Waals surface area contributed by atoms with Crippen molar-refractivity contribution in [2.75, 3.05) is 6.54 Å². The number of unbranched alkanes of at least 4 members (excludes halogenated alkanes) is 6. The summed E-state index contributed by atoms with van der Waals surface area (Å²) in [6.45, 7) is 14.7. The van der Waals surface area contributed by atoms with Crippen LogP contribution >= 0.6 is 0 Å². The van der Waals surface area contributed by atoms with E-state index in [1.165, 1.54) is 57.4 Å². The van der Waals surface area contributed by atoms with Crippen LogP contribution in [0.5, 0.6) is 0 Å². The summed E-state index contributed by atoms with van der Waals surface area (Å²) in [5.41, 5.74) is 1.76. The number of nitro groups is 1. The third-order valence-electron chi connectivity index (χ3n) is 4.23. The maximum Gasteiger partial charge on any atom is 0.273 e. The Bertz CT molecular complexity index is 605. The number of aryl methyl sites for hydroxylation is 1. The molecule has 1 aromatic carbocycles. The van der Waals surface area contributed by atoms with Crippen LogP contribution in [0.15, 0.2) is 17.3 Å². The second-order valence-corrected chi connectivity index (χ2v) is 7.29. The third-order valence-corrected chi connectivity index (χ3v) is 4.23. The number of hydrogen-bond acceptors (Lipinski definition) is 5. The summed E-state index contributed by atoms with van der Waals surface area (Å²) in [6.07, 6.45) is 12.8. The third kappa shape index (κ3) is 19.4. The average Bonchev–Trinajstić information content (AvgIpc) is 2.75. The molecule has 0 spiro atoms. The van der Waals surface area contributed by atoms with Gasteiger partial charge in [0.2, 0.25) is 0 Å².